The minimum absolute atomic E-state index is 0.0525. The van der Waals surface area contributed by atoms with Gasteiger partial charge in [0.05, 0.1) is 5.69 Å². The Hall–Kier alpha value is -2.45. The SMILES string of the molecule is Cc1cc(NC(=O)C(F)(F)F)ccc1-n1cnnn1. The molecule has 100 valence electrons. The van der Waals surface area contributed by atoms with Gasteiger partial charge in [-0.1, -0.05) is 0 Å². The van der Waals surface area contributed by atoms with Gasteiger partial charge in [0.25, 0.3) is 0 Å². The van der Waals surface area contributed by atoms with Crippen LogP contribution in [0.1, 0.15) is 5.56 Å². The summed E-state index contributed by atoms with van der Waals surface area (Å²) in [5, 5.41) is 12.3. The summed E-state index contributed by atoms with van der Waals surface area (Å²) in [5.41, 5.74) is 1.28. The molecule has 6 nitrogen and oxygen atoms in total. The summed E-state index contributed by atoms with van der Waals surface area (Å²) >= 11 is 0. The van der Waals surface area contributed by atoms with Gasteiger partial charge in [0.2, 0.25) is 0 Å². The molecule has 0 fully saturated rings. The lowest BCUT2D eigenvalue weighted by Gasteiger charge is -2.10. The van der Waals surface area contributed by atoms with E-state index in [1.165, 1.54) is 29.2 Å². The monoisotopic (exact) mass is 271 g/mol. The van der Waals surface area contributed by atoms with Crippen LogP contribution in [0.3, 0.4) is 0 Å². The number of rotatable bonds is 2. The minimum Gasteiger partial charge on any atom is -0.318 e. The van der Waals surface area contributed by atoms with E-state index in [1.807, 2.05) is 0 Å². The Balaban J connectivity index is 2.23. The largest absolute Gasteiger partial charge is 0.471 e. The topological polar surface area (TPSA) is 72.7 Å². The van der Waals surface area contributed by atoms with Crippen LogP contribution in [0.25, 0.3) is 5.69 Å². The Morgan fingerprint density at radius 1 is 1.37 bits per heavy atom. The predicted octanol–water partition coefficient (Wildman–Crippen LogP) is 1.47. The zero-order valence-corrected chi connectivity index (χ0v) is 9.64. The Morgan fingerprint density at radius 3 is 2.63 bits per heavy atom. The molecule has 0 aliphatic heterocycles. The molecule has 0 spiro atoms. The van der Waals surface area contributed by atoms with Crippen LogP contribution < -0.4 is 5.32 Å². The second-order valence-electron chi connectivity index (χ2n) is 3.71. The van der Waals surface area contributed by atoms with Crippen molar-refractivity contribution in [3.63, 3.8) is 0 Å². The van der Waals surface area contributed by atoms with E-state index in [2.05, 4.69) is 15.5 Å². The number of amides is 1. The molecule has 2 rings (SSSR count). The summed E-state index contributed by atoms with van der Waals surface area (Å²) in [7, 11) is 0. The fourth-order valence-electron chi connectivity index (χ4n) is 1.46. The van der Waals surface area contributed by atoms with E-state index >= 15 is 0 Å². The first kappa shape index (κ1) is 13.0. The predicted molar refractivity (Wildman–Crippen MR) is 58.6 cm³/mol. The van der Waals surface area contributed by atoms with Gasteiger partial charge in [-0.2, -0.15) is 13.2 Å². The molecule has 1 aromatic heterocycles. The Kier molecular flexibility index (Phi) is 3.19. The summed E-state index contributed by atoms with van der Waals surface area (Å²) in [6, 6.07) is 4.26. The van der Waals surface area contributed by atoms with Crippen LogP contribution in [0.15, 0.2) is 24.5 Å². The molecule has 0 bridgehead atoms. The molecular formula is C10H8F3N5O. The van der Waals surface area contributed by atoms with Gasteiger partial charge in [-0.05, 0) is 41.1 Å². The molecule has 1 aromatic carbocycles. The minimum atomic E-state index is -4.91. The first-order valence-electron chi connectivity index (χ1n) is 5.10. The number of benzene rings is 1. The number of halogens is 3. The molecule has 0 saturated heterocycles. The van der Waals surface area contributed by atoms with Gasteiger partial charge in [-0.15, -0.1) is 5.10 Å². The normalized spacial score (nSPS) is 11.4. The number of aromatic nitrogens is 4. The molecule has 1 N–H and O–H groups in total. The molecule has 1 heterocycles. The number of hydrogen-bond donors (Lipinski definition) is 1. The number of alkyl halides is 3. The van der Waals surface area contributed by atoms with Crippen LogP contribution in [-0.2, 0) is 4.79 Å². The number of nitrogens with zero attached hydrogens (tertiary/aromatic N) is 4. The standard InChI is InChI=1S/C10H8F3N5O/c1-6-4-7(15-9(19)10(11,12)13)2-3-8(6)18-5-14-16-17-18/h2-5H,1H3,(H,15,19). The number of nitrogens with one attached hydrogen (secondary N) is 1. The molecule has 0 saturated carbocycles. The van der Waals surface area contributed by atoms with Gasteiger partial charge in [0.15, 0.2) is 0 Å². The van der Waals surface area contributed by atoms with Crippen LogP contribution in [-0.4, -0.2) is 32.3 Å². The second kappa shape index (κ2) is 4.67. The highest BCUT2D eigenvalue weighted by Gasteiger charge is 2.38. The highest BCUT2D eigenvalue weighted by molar-refractivity contribution is 5.95. The molecule has 0 aliphatic rings. The second-order valence-corrected chi connectivity index (χ2v) is 3.71. The summed E-state index contributed by atoms with van der Waals surface area (Å²) in [5.74, 6) is -2.01. The van der Waals surface area contributed by atoms with Gasteiger partial charge < -0.3 is 5.32 Å². The van der Waals surface area contributed by atoms with Crippen molar-refractivity contribution in [1.82, 2.24) is 20.2 Å². The summed E-state index contributed by atoms with van der Waals surface area (Å²) in [6.07, 6.45) is -3.56. The first-order chi connectivity index (χ1) is 8.88. The third-order valence-corrected chi connectivity index (χ3v) is 2.31. The van der Waals surface area contributed by atoms with Gasteiger partial charge >= 0.3 is 12.1 Å². The van der Waals surface area contributed by atoms with Crippen molar-refractivity contribution < 1.29 is 18.0 Å². The third kappa shape index (κ3) is 2.87. The number of carbonyl (C=O) groups is 1. The summed E-state index contributed by atoms with van der Waals surface area (Å²) in [6.45, 7) is 1.67. The van der Waals surface area contributed by atoms with E-state index in [1.54, 1.807) is 12.2 Å². The summed E-state index contributed by atoms with van der Waals surface area (Å²) < 4.78 is 37.7. The molecule has 0 unspecified atom stereocenters. The van der Waals surface area contributed by atoms with E-state index in [0.29, 0.717) is 11.3 Å². The van der Waals surface area contributed by atoms with E-state index in [-0.39, 0.29) is 5.69 Å². The van der Waals surface area contributed by atoms with Crippen LogP contribution in [0.4, 0.5) is 18.9 Å². The first-order valence-corrected chi connectivity index (χ1v) is 5.10. The number of carbonyl (C=O) groups excluding carboxylic acids is 1. The Morgan fingerprint density at radius 2 is 2.11 bits per heavy atom. The Labute approximate surface area is 105 Å². The number of anilines is 1. The quantitative estimate of drug-likeness (QED) is 0.897. The molecule has 0 atom stereocenters. The van der Waals surface area contributed by atoms with Crippen molar-refractivity contribution in [1.29, 1.82) is 0 Å². The highest BCUT2D eigenvalue weighted by Crippen LogP contribution is 2.21. The molecule has 1 amide bonds. The van der Waals surface area contributed by atoms with Crippen molar-refractivity contribution in [2.75, 3.05) is 5.32 Å². The van der Waals surface area contributed by atoms with Crippen molar-refractivity contribution in [2.24, 2.45) is 0 Å². The number of aryl methyl sites for hydroxylation is 1. The maximum Gasteiger partial charge on any atom is 0.471 e. The van der Waals surface area contributed by atoms with Gasteiger partial charge in [0.1, 0.15) is 6.33 Å². The average Bonchev–Trinajstić information content (AvgIpc) is 2.81. The van der Waals surface area contributed by atoms with Gasteiger partial charge in [-0.3, -0.25) is 4.79 Å². The van der Waals surface area contributed by atoms with Gasteiger partial charge in [0, 0.05) is 5.69 Å². The summed E-state index contributed by atoms with van der Waals surface area (Å²) in [4.78, 5) is 10.8. The Bertz CT molecular complexity index is 594. The average molecular weight is 271 g/mol. The number of tetrazole rings is 1. The fourth-order valence-corrected chi connectivity index (χ4v) is 1.46. The van der Waals surface area contributed by atoms with E-state index in [9.17, 15) is 18.0 Å². The third-order valence-electron chi connectivity index (χ3n) is 2.31. The lowest BCUT2D eigenvalue weighted by Crippen LogP contribution is -2.29. The molecule has 2 aromatic rings. The van der Waals surface area contributed by atoms with Crippen LogP contribution in [0, 0.1) is 6.92 Å². The van der Waals surface area contributed by atoms with Crippen molar-refractivity contribution in [3.8, 4) is 5.69 Å². The maximum absolute atomic E-state index is 12.1. The lowest BCUT2D eigenvalue weighted by molar-refractivity contribution is -0.167. The van der Waals surface area contributed by atoms with Crippen LogP contribution in [0.2, 0.25) is 0 Å². The van der Waals surface area contributed by atoms with Crippen LogP contribution in [0.5, 0.6) is 0 Å². The lowest BCUT2D eigenvalue weighted by atomic mass is 10.2. The van der Waals surface area contributed by atoms with Crippen LogP contribution >= 0.6 is 0 Å². The molecule has 0 aliphatic carbocycles. The van der Waals surface area contributed by atoms with Crippen molar-refractivity contribution >= 4 is 11.6 Å². The van der Waals surface area contributed by atoms with Crippen molar-refractivity contribution in [3.05, 3.63) is 30.1 Å². The zero-order chi connectivity index (χ0) is 14.0. The van der Waals surface area contributed by atoms with E-state index in [0.717, 1.165) is 0 Å². The fraction of sp³-hybridized carbons (Fsp3) is 0.200. The smallest absolute Gasteiger partial charge is 0.318 e. The maximum atomic E-state index is 12.1. The molecule has 19 heavy (non-hydrogen) atoms. The van der Waals surface area contributed by atoms with E-state index in [4.69, 9.17) is 0 Å². The van der Waals surface area contributed by atoms with Crippen molar-refractivity contribution in [2.45, 2.75) is 13.1 Å². The van der Waals surface area contributed by atoms with E-state index < -0.39 is 12.1 Å². The van der Waals surface area contributed by atoms with Gasteiger partial charge in [-0.25, -0.2) is 4.68 Å². The number of hydrogen-bond acceptors (Lipinski definition) is 4. The molecular weight excluding hydrogens is 263 g/mol. The zero-order valence-electron chi connectivity index (χ0n) is 9.64. The molecule has 0 radical (unpaired) electrons. The molecule has 9 heteroatoms. The highest BCUT2D eigenvalue weighted by atomic mass is 19.4.